The average molecular weight is 441 g/mol. The van der Waals surface area contributed by atoms with Crippen LogP contribution in [0.4, 0.5) is 13.2 Å². The number of alkyl halides is 3. The summed E-state index contributed by atoms with van der Waals surface area (Å²) >= 11 is 0. The van der Waals surface area contributed by atoms with Gasteiger partial charge in [0.05, 0.1) is 0 Å². The first-order valence-electron chi connectivity index (χ1n) is 11.1. The highest BCUT2D eigenvalue weighted by Gasteiger charge is 2.44. The van der Waals surface area contributed by atoms with Crippen LogP contribution in [-0.4, -0.2) is 58.1 Å². The first-order chi connectivity index (χ1) is 14.6. The minimum Gasteiger partial charge on any atom is -0.475 e. The highest BCUT2D eigenvalue weighted by Crippen LogP contribution is 2.39. The molecule has 31 heavy (non-hydrogen) atoms. The zero-order chi connectivity index (χ0) is 22.6. The molecule has 1 aromatic rings. The highest BCUT2D eigenvalue weighted by molar-refractivity contribution is 5.79. The normalized spacial score (nSPS) is 24.0. The molecule has 1 amide bonds. The van der Waals surface area contributed by atoms with Crippen LogP contribution in [0.5, 0.6) is 0 Å². The Balaban J connectivity index is 0.000000339. The maximum atomic E-state index is 12.2. The molecule has 1 unspecified atom stereocenters. The Morgan fingerprint density at radius 2 is 1.77 bits per heavy atom. The van der Waals surface area contributed by atoms with Gasteiger partial charge in [0.2, 0.25) is 5.91 Å². The van der Waals surface area contributed by atoms with Crippen LogP contribution in [0.25, 0.3) is 0 Å². The van der Waals surface area contributed by atoms with Crippen molar-refractivity contribution in [2.24, 2.45) is 0 Å². The number of nitrogens with zero attached hydrogens (tertiary/aromatic N) is 2. The molecule has 1 N–H and O–H groups in total. The smallest absolute Gasteiger partial charge is 0.475 e. The van der Waals surface area contributed by atoms with Crippen LogP contribution in [0.15, 0.2) is 18.2 Å². The second kappa shape index (κ2) is 9.59. The van der Waals surface area contributed by atoms with Crippen LogP contribution < -0.4 is 0 Å². The molecule has 0 radical (unpaired) electrons. The van der Waals surface area contributed by atoms with Gasteiger partial charge in [-0.05, 0) is 75.1 Å². The molecule has 5 nitrogen and oxygen atoms in total. The lowest BCUT2D eigenvalue weighted by molar-refractivity contribution is -0.192. The Labute approximate surface area is 181 Å². The van der Waals surface area contributed by atoms with Crippen molar-refractivity contribution in [3.63, 3.8) is 0 Å². The number of amides is 1. The highest BCUT2D eigenvalue weighted by atomic mass is 19.4. The standard InChI is InChI=1S/C21H30N2O.C2HF3O2/c1-2-23-20(24)9-11-21(23)10-4-13-22(14-12-21)16-17-7-8-18-5-3-6-19(18)15-17;3-2(4,5)1(6)7/h7-8,15H,2-6,9-14,16H2,1H3;(H,6,7). The summed E-state index contributed by atoms with van der Waals surface area (Å²) in [5.74, 6) is -2.38. The van der Waals surface area contributed by atoms with Gasteiger partial charge < -0.3 is 10.0 Å². The molecule has 2 saturated heterocycles. The number of carboxylic acids is 1. The Morgan fingerprint density at radius 1 is 1.06 bits per heavy atom. The summed E-state index contributed by atoms with van der Waals surface area (Å²) in [7, 11) is 0. The van der Waals surface area contributed by atoms with Gasteiger partial charge in [0.1, 0.15) is 0 Å². The van der Waals surface area contributed by atoms with Crippen molar-refractivity contribution in [2.45, 2.75) is 76.6 Å². The van der Waals surface area contributed by atoms with Crippen molar-refractivity contribution in [1.82, 2.24) is 9.80 Å². The summed E-state index contributed by atoms with van der Waals surface area (Å²) in [6.07, 6.45) is 4.17. The van der Waals surface area contributed by atoms with Crippen LogP contribution in [0, 0.1) is 0 Å². The van der Waals surface area contributed by atoms with E-state index < -0.39 is 12.1 Å². The van der Waals surface area contributed by atoms with E-state index in [9.17, 15) is 18.0 Å². The maximum Gasteiger partial charge on any atom is 0.490 e. The van der Waals surface area contributed by atoms with Gasteiger partial charge in [-0.15, -0.1) is 0 Å². The molecule has 2 aliphatic heterocycles. The van der Waals surface area contributed by atoms with E-state index in [0.29, 0.717) is 5.91 Å². The SMILES string of the molecule is CCN1C(=O)CCC12CCCN(Cc1ccc3c(c1)CCC3)CC2.O=C(O)C(F)(F)F. The number of aryl methyl sites for hydroxylation is 2. The number of aliphatic carboxylic acids is 1. The molecule has 1 aliphatic carbocycles. The summed E-state index contributed by atoms with van der Waals surface area (Å²) in [6.45, 7) is 6.39. The molecule has 1 spiro atoms. The third-order valence-corrected chi connectivity index (χ3v) is 6.82. The number of likely N-dealkylation sites (tertiary alicyclic amines) is 2. The number of benzene rings is 1. The largest absolute Gasteiger partial charge is 0.490 e. The molecule has 3 aliphatic rings. The lowest BCUT2D eigenvalue weighted by atomic mass is 9.88. The fourth-order valence-corrected chi connectivity index (χ4v) is 5.28. The second-order valence-corrected chi connectivity index (χ2v) is 8.75. The lowest BCUT2D eigenvalue weighted by Gasteiger charge is -2.37. The topological polar surface area (TPSA) is 60.9 Å². The summed E-state index contributed by atoms with van der Waals surface area (Å²) in [5.41, 5.74) is 4.79. The Bertz CT molecular complexity index is 812. The van der Waals surface area contributed by atoms with Crippen LogP contribution in [0.1, 0.15) is 62.1 Å². The summed E-state index contributed by atoms with van der Waals surface area (Å²) in [4.78, 5) is 25.9. The van der Waals surface area contributed by atoms with Crippen molar-refractivity contribution in [3.8, 4) is 0 Å². The average Bonchev–Trinajstić information content (AvgIpc) is 3.23. The van der Waals surface area contributed by atoms with Crippen molar-refractivity contribution in [1.29, 1.82) is 0 Å². The van der Waals surface area contributed by atoms with Crippen LogP contribution in [0.2, 0.25) is 0 Å². The van der Waals surface area contributed by atoms with Gasteiger partial charge in [-0.2, -0.15) is 13.2 Å². The minimum atomic E-state index is -5.08. The molecule has 4 rings (SSSR count). The molecule has 0 bridgehead atoms. The van der Waals surface area contributed by atoms with Gasteiger partial charge in [0.15, 0.2) is 0 Å². The van der Waals surface area contributed by atoms with E-state index >= 15 is 0 Å². The third kappa shape index (κ3) is 5.59. The second-order valence-electron chi connectivity index (χ2n) is 8.75. The number of carbonyl (C=O) groups excluding carboxylic acids is 1. The number of carbonyl (C=O) groups is 2. The van der Waals surface area contributed by atoms with E-state index in [1.807, 2.05) is 0 Å². The predicted octanol–water partition coefficient (Wildman–Crippen LogP) is 4.18. The van der Waals surface area contributed by atoms with Gasteiger partial charge in [0.25, 0.3) is 0 Å². The van der Waals surface area contributed by atoms with E-state index in [1.165, 1.54) is 44.2 Å². The van der Waals surface area contributed by atoms with Crippen molar-refractivity contribution in [2.75, 3.05) is 19.6 Å². The number of halogens is 3. The van der Waals surface area contributed by atoms with Crippen LogP contribution in [-0.2, 0) is 29.0 Å². The first-order valence-corrected chi connectivity index (χ1v) is 11.1. The molecule has 172 valence electrons. The number of fused-ring (bicyclic) bond motifs is 1. The van der Waals surface area contributed by atoms with Crippen LogP contribution >= 0.6 is 0 Å². The first kappa shape index (κ1) is 23.6. The zero-order valence-corrected chi connectivity index (χ0v) is 18.0. The lowest BCUT2D eigenvalue weighted by Crippen LogP contribution is -2.46. The molecule has 2 heterocycles. The van der Waals surface area contributed by atoms with Crippen molar-refractivity contribution < 1.29 is 27.9 Å². The number of hydrogen-bond acceptors (Lipinski definition) is 3. The fourth-order valence-electron chi connectivity index (χ4n) is 5.28. The molecular weight excluding hydrogens is 409 g/mol. The van der Waals surface area contributed by atoms with Crippen LogP contribution in [0.3, 0.4) is 0 Å². The fraction of sp³-hybridized carbons (Fsp3) is 0.652. The summed E-state index contributed by atoms with van der Waals surface area (Å²) in [6, 6.07) is 7.13. The Kier molecular flexibility index (Phi) is 7.29. The van der Waals surface area contributed by atoms with Gasteiger partial charge in [-0.25, -0.2) is 4.79 Å². The number of carboxylic acid groups (broad SMARTS) is 1. The quantitative estimate of drug-likeness (QED) is 0.766. The summed E-state index contributed by atoms with van der Waals surface area (Å²) in [5, 5.41) is 7.12. The van der Waals surface area contributed by atoms with Crippen molar-refractivity contribution in [3.05, 3.63) is 34.9 Å². The molecule has 0 saturated carbocycles. The Morgan fingerprint density at radius 3 is 2.45 bits per heavy atom. The van der Waals surface area contributed by atoms with E-state index in [4.69, 9.17) is 9.90 Å². The Hall–Kier alpha value is -2.09. The van der Waals surface area contributed by atoms with E-state index in [0.717, 1.165) is 38.9 Å². The van der Waals surface area contributed by atoms with E-state index in [1.54, 1.807) is 11.1 Å². The van der Waals surface area contributed by atoms with E-state index in [-0.39, 0.29) is 5.54 Å². The predicted molar refractivity (Wildman–Crippen MR) is 111 cm³/mol. The minimum absolute atomic E-state index is 0.165. The number of hydrogen-bond donors (Lipinski definition) is 1. The van der Waals surface area contributed by atoms with E-state index in [2.05, 4.69) is 34.9 Å². The van der Waals surface area contributed by atoms with Gasteiger partial charge >= 0.3 is 12.1 Å². The zero-order valence-electron chi connectivity index (χ0n) is 18.0. The summed E-state index contributed by atoms with van der Waals surface area (Å²) < 4.78 is 31.7. The molecular formula is C23H31F3N2O3. The molecule has 1 aromatic carbocycles. The molecule has 0 aromatic heterocycles. The third-order valence-electron chi connectivity index (χ3n) is 6.82. The molecule has 2 fully saturated rings. The maximum absolute atomic E-state index is 12.2. The van der Waals surface area contributed by atoms with Gasteiger partial charge in [-0.1, -0.05) is 18.2 Å². The molecule has 8 heteroatoms. The van der Waals surface area contributed by atoms with Gasteiger partial charge in [0, 0.05) is 31.6 Å². The monoisotopic (exact) mass is 440 g/mol. The molecule has 1 atom stereocenters. The number of rotatable bonds is 3. The van der Waals surface area contributed by atoms with Crippen molar-refractivity contribution >= 4 is 11.9 Å². The van der Waals surface area contributed by atoms with Gasteiger partial charge in [-0.3, -0.25) is 9.69 Å².